The predicted octanol–water partition coefficient (Wildman–Crippen LogP) is 1.88. The van der Waals surface area contributed by atoms with Gasteiger partial charge >= 0.3 is 0 Å². The van der Waals surface area contributed by atoms with Crippen LogP contribution in [0.25, 0.3) is 10.9 Å². The molecule has 7 heteroatoms. The summed E-state index contributed by atoms with van der Waals surface area (Å²) in [4.78, 5) is 26.9. The molecule has 1 unspecified atom stereocenters. The summed E-state index contributed by atoms with van der Waals surface area (Å²) >= 11 is 0. The number of para-hydroxylation sites is 1. The number of hydrogen-bond acceptors (Lipinski definition) is 3. The van der Waals surface area contributed by atoms with Crippen LogP contribution in [0.5, 0.6) is 0 Å². The Labute approximate surface area is 154 Å². The Kier molecular flexibility index (Phi) is 8.45. The minimum atomic E-state index is -0.637. The Balaban J connectivity index is 0.00000312. The van der Waals surface area contributed by atoms with E-state index in [2.05, 4.69) is 15.6 Å². The summed E-state index contributed by atoms with van der Waals surface area (Å²) in [5, 5.41) is 6.67. The van der Waals surface area contributed by atoms with Gasteiger partial charge in [0.2, 0.25) is 11.8 Å². The molecular formula is C18H27ClN4O2. The maximum absolute atomic E-state index is 12.1. The number of rotatable bonds is 8. The van der Waals surface area contributed by atoms with Crippen LogP contribution >= 0.6 is 12.4 Å². The van der Waals surface area contributed by atoms with E-state index in [0.29, 0.717) is 13.0 Å². The Bertz CT molecular complexity index is 701. The van der Waals surface area contributed by atoms with E-state index in [0.717, 1.165) is 22.9 Å². The summed E-state index contributed by atoms with van der Waals surface area (Å²) in [6.07, 6.45) is 3.48. The van der Waals surface area contributed by atoms with Crippen molar-refractivity contribution in [1.82, 2.24) is 15.6 Å². The van der Waals surface area contributed by atoms with Gasteiger partial charge < -0.3 is 21.4 Å². The first-order chi connectivity index (χ1) is 11.5. The van der Waals surface area contributed by atoms with Gasteiger partial charge in [0, 0.05) is 36.1 Å². The Morgan fingerprint density at radius 3 is 2.72 bits per heavy atom. The van der Waals surface area contributed by atoms with Crippen molar-refractivity contribution in [3.05, 3.63) is 36.0 Å². The molecule has 0 bridgehead atoms. The number of H-pyrrole nitrogens is 1. The highest BCUT2D eigenvalue weighted by atomic mass is 35.5. The average molecular weight is 367 g/mol. The molecule has 2 amide bonds. The quantitative estimate of drug-likeness (QED) is 0.573. The molecule has 5 N–H and O–H groups in total. The number of aromatic amines is 1. The van der Waals surface area contributed by atoms with E-state index in [1.807, 2.05) is 44.3 Å². The minimum Gasteiger partial charge on any atom is -0.361 e. The molecule has 0 radical (unpaired) electrons. The van der Waals surface area contributed by atoms with Crippen molar-refractivity contribution in [3.63, 3.8) is 0 Å². The average Bonchev–Trinajstić information content (AvgIpc) is 2.97. The Hall–Kier alpha value is -2.05. The number of fused-ring (bicyclic) bond motifs is 1. The van der Waals surface area contributed by atoms with Crippen LogP contribution in [0.1, 0.15) is 32.3 Å². The first kappa shape index (κ1) is 21.0. The molecule has 25 heavy (non-hydrogen) atoms. The molecule has 1 heterocycles. The van der Waals surface area contributed by atoms with Gasteiger partial charge in [-0.1, -0.05) is 25.1 Å². The summed E-state index contributed by atoms with van der Waals surface area (Å²) in [5.41, 5.74) is 8.04. The highest BCUT2D eigenvalue weighted by molar-refractivity contribution is 5.86. The topological polar surface area (TPSA) is 100 Å². The first-order valence-electron chi connectivity index (χ1n) is 8.39. The van der Waals surface area contributed by atoms with Gasteiger partial charge in [0.05, 0.1) is 6.04 Å². The van der Waals surface area contributed by atoms with E-state index < -0.39 is 6.04 Å². The Morgan fingerprint density at radius 1 is 1.28 bits per heavy atom. The second kappa shape index (κ2) is 10.1. The molecule has 138 valence electrons. The third-order valence-corrected chi connectivity index (χ3v) is 4.12. The number of carbonyl (C=O) groups excluding carboxylic acids is 2. The standard InChI is InChI=1S/C18H26N4O2.ClH/c1-3-12(2)22-17(23)8-9-20-18(24)15(19)10-13-11-21-16-7-5-4-6-14(13)16;/h4-7,11-12,15,21H,3,8-10,19H2,1-2H3,(H,20,24)(H,22,23);1H/t12?,15-;/m0./s1. The van der Waals surface area contributed by atoms with Gasteiger partial charge in [0.15, 0.2) is 0 Å². The molecule has 0 fully saturated rings. The third-order valence-electron chi connectivity index (χ3n) is 4.12. The fourth-order valence-electron chi connectivity index (χ4n) is 2.51. The SMILES string of the molecule is CCC(C)NC(=O)CCNC(=O)[C@@H](N)Cc1c[nH]c2ccccc12.Cl. The normalized spacial score (nSPS) is 12.9. The van der Waals surface area contributed by atoms with E-state index in [1.54, 1.807) is 0 Å². The van der Waals surface area contributed by atoms with Crippen molar-refractivity contribution in [2.75, 3.05) is 6.54 Å². The summed E-state index contributed by atoms with van der Waals surface area (Å²) in [7, 11) is 0. The Morgan fingerprint density at radius 2 is 2.00 bits per heavy atom. The number of hydrogen-bond donors (Lipinski definition) is 4. The monoisotopic (exact) mass is 366 g/mol. The fourth-order valence-corrected chi connectivity index (χ4v) is 2.51. The molecule has 0 spiro atoms. The lowest BCUT2D eigenvalue weighted by Gasteiger charge is -2.13. The zero-order valence-corrected chi connectivity index (χ0v) is 15.5. The van der Waals surface area contributed by atoms with Gasteiger partial charge in [0.25, 0.3) is 0 Å². The van der Waals surface area contributed by atoms with Gasteiger partial charge in [-0.05, 0) is 31.4 Å². The molecule has 2 rings (SSSR count). The van der Waals surface area contributed by atoms with Crippen LogP contribution in [-0.2, 0) is 16.0 Å². The molecule has 2 aromatic rings. The molecule has 0 aliphatic rings. The summed E-state index contributed by atoms with van der Waals surface area (Å²) in [5.74, 6) is -0.300. The fraction of sp³-hybridized carbons (Fsp3) is 0.444. The van der Waals surface area contributed by atoms with Crippen LogP contribution in [0.3, 0.4) is 0 Å². The largest absolute Gasteiger partial charge is 0.361 e. The summed E-state index contributed by atoms with van der Waals surface area (Å²) in [6, 6.07) is 7.42. The van der Waals surface area contributed by atoms with E-state index in [9.17, 15) is 9.59 Å². The van der Waals surface area contributed by atoms with Crippen molar-refractivity contribution in [1.29, 1.82) is 0 Å². The van der Waals surface area contributed by atoms with Crippen LogP contribution in [0.2, 0.25) is 0 Å². The molecule has 2 atom stereocenters. The maximum Gasteiger partial charge on any atom is 0.237 e. The molecule has 6 nitrogen and oxygen atoms in total. The zero-order valence-electron chi connectivity index (χ0n) is 14.7. The lowest BCUT2D eigenvalue weighted by atomic mass is 10.1. The second-order valence-corrected chi connectivity index (χ2v) is 6.09. The number of amides is 2. The number of halogens is 1. The molecule has 0 aliphatic carbocycles. The number of nitrogens with two attached hydrogens (primary N) is 1. The number of benzene rings is 1. The van der Waals surface area contributed by atoms with Crippen molar-refractivity contribution in [3.8, 4) is 0 Å². The van der Waals surface area contributed by atoms with Gasteiger partial charge in [-0.25, -0.2) is 0 Å². The summed E-state index contributed by atoms with van der Waals surface area (Å²) < 4.78 is 0. The highest BCUT2D eigenvalue weighted by Gasteiger charge is 2.16. The molecular weight excluding hydrogens is 340 g/mol. The van der Waals surface area contributed by atoms with Crippen molar-refractivity contribution < 1.29 is 9.59 Å². The second-order valence-electron chi connectivity index (χ2n) is 6.09. The van der Waals surface area contributed by atoms with E-state index in [-0.39, 0.29) is 36.7 Å². The predicted molar refractivity (Wildman–Crippen MR) is 103 cm³/mol. The van der Waals surface area contributed by atoms with E-state index in [1.165, 1.54) is 0 Å². The van der Waals surface area contributed by atoms with E-state index >= 15 is 0 Å². The van der Waals surface area contributed by atoms with Crippen molar-refractivity contribution >= 4 is 35.1 Å². The zero-order chi connectivity index (χ0) is 17.5. The smallest absolute Gasteiger partial charge is 0.237 e. The van der Waals surface area contributed by atoms with Gasteiger partial charge in [-0.2, -0.15) is 0 Å². The van der Waals surface area contributed by atoms with Gasteiger partial charge in [0.1, 0.15) is 0 Å². The molecule has 1 aromatic heterocycles. The molecule has 0 saturated heterocycles. The number of aromatic nitrogens is 1. The number of nitrogens with one attached hydrogen (secondary N) is 3. The van der Waals surface area contributed by atoms with E-state index in [4.69, 9.17) is 5.73 Å². The van der Waals surface area contributed by atoms with Crippen LogP contribution in [0.15, 0.2) is 30.5 Å². The van der Waals surface area contributed by atoms with Crippen LogP contribution in [-0.4, -0.2) is 35.4 Å². The number of carbonyl (C=O) groups is 2. The van der Waals surface area contributed by atoms with Gasteiger partial charge in [-0.15, -0.1) is 12.4 Å². The third kappa shape index (κ3) is 6.07. The van der Waals surface area contributed by atoms with Crippen LogP contribution in [0, 0.1) is 0 Å². The minimum absolute atomic E-state index is 0. The molecule has 0 aliphatic heterocycles. The van der Waals surface area contributed by atoms with Crippen LogP contribution in [0.4, 0.5) is 0 Å². The molecule has 0 saturated carbocycles. The lowest BCUT2D eigenvalue weighted by Crippen LogP contribution is -2.43. The highest BCUT2D eigenvalue weighted by Crippen LogP contribution is 2.18. The lowest BCUT2D eigenvalue weighted by molar-refractivity contribution is -0.123. The maximum atomic E-state index is 12.1. The summed E-state index contributed by atoms with van der Waals surface area (Å²) in [6.45, 7) is 4.26. The van der Waals surface area contributed by atoms with Gasteiger partial charge in [-0.3, -0.25) is 9.59 Å². The van der Waals surface area contributed by atoms with Crippen LogP contribution < -0.4 is 16.4 Å². The van der Waals surface area contributed by atoms with Crippen molar-refractivity contribution in [2.45, 2.75) is 45.2 Å². The first-order valence-corrected chi connectivity index (χ1v) is 8.39. The molecule has 1 aromatic carbocycles. The van der Waals surface area contributed by atoms with Crippen molar-refractivity contribution in [2.24, 2.45) is 5.73 Å².